The number of carbonyl (C=O) groups excluding carboxylic acids is 3. The molecule has 2 aromatic carbocycles. The standard InChI is InChI=1S/C28H38N4O6S/c1-17(2)24(28(37)38)32-26(35)22(13-14-39-3)30-27(36)23(16-19-9-11-20(33)12-10-19)31-25(34)21(29)15-18-7-5-4-6-8-18/h4-12,17,21-24,33H,13-16,29H2,1-3H3,(H,30,36)(H,31,34)(H,32,35)(H,37,38). The van der Waals surface area contributed by atoms with Gasteiger partial charge in [0, 0.05) is 6.42 Å². The van der Waals surface area contributed by atoms with Gasteiger partial charge in [0.1, 0.15) is 23.9 Å². The largest absolute Gasteiger partial charge is 0.508 e. The van der Waals surface area contributed by atoms with Crippen molar-refractivity contribution in [3.63, 3.8) is 0 Å². The molecule has 212 valence electrons. The second-order valence-corrected chi connectivity index (χ2v) is 10.6. The fourth-order valence-electron chi connectivity index (χ4n) is 3.86. The molecule has 0 aliphatic carbocycles. The molecule has 0 aromatic heterocycles. The Balaban J connectivity index is 2.22. The maximum absolute atomic E-state index is 13.4. The lowest BCUT2D eigenvalue weighted by Crippen LogP contribution is -2.58. The first kappa shape index (κ1) is 31.6. The fourth-order valence-corrected chi connectivity index (χ4v) is 4.33. The van der Waals surface area contributed by atoms with Crippen molar-refractivity contribution >= 4 is 35.5 Å². The van der Waals surface area contributed by atoms with E-state index in [1.165, 1.54) is 23.9 Å². The van der Waals surface area contributed by atoms with E-state index in [0.29, 0.717) is 11.3 Å². The van der Waals surface area contributed by atoms with Gasteiger partial charge in [-0.3, -0.25) is 14.4 Å². The number of benzene rings is 2. The van der Waals surface area contributed by atoms with Gasteiger partial charge in [-0.2, -0.15) is 11.8 Å². The van der Waals surface area contributed by atoms with Gasteiger partial charge in [0.05, 0.1) is 6.04 Å². The molecule has 4 atom stereocenters. The van der Waals surface area contributed by atoms with Gasteiger partial charge in [-0.05, 0) is 54.0 Å². The molecule has 2 rings (SSSR count). The summed E-state index contributed by atoms with van der Waals surface area (Å²) in [5.74, 6) is -2.70. The summed E-state index contributed by atoms with van der Waals surface area (Å²) in [6.45, 7) is 3.35. The zero-order valence-corrected chi connectivity index (χ0v) is 23.2. The number of nitrogens with one attached hydrogen (secondary N) is 3. The highest BCUT2D eigenvalue weighted by molar-refractivity contribution is 7.98. The zero-order valence-electron chi connectivity index (χ0n) is 22.4. The van der Waals surface area contributed by atoms with Crippen LogP contribution in [-0.4, -0.2) is 70.1 Å². The van der Waals surface area contributed by atoms with E-state index in [2.05, 4.69) is 16.0 Å². The summed E-state index contributed by atoms with van der Waals surface area (Å²) >= 11 is 1.48. The van der Waals surface area contributed by atoms with Crippen LogP contribution < -0.4 is 21.7 Å². The van der Waals surface area contributed by atoms with Crippen LogP contribution in [-0.2, 0) is 32.0 Å². The predicted octanol–water partition coefficient (Wildman–Crippen LogP) is 1.45. The Morgan fingerprint density at radius 2 is 1.38 bits per heavy atom. The molecular weight excluding hydrogens is 520 g/mol. The number of nitrogens with two attached hydrogens (primary N) is 1. The Bertz CT molecular complexity index is 1100. The van der Waals surface area contributed by atoms with Crippen molar-refractivity contribution in [3.05, 3.63) is 65.7 Å². The number of amides is 3. The van der Waals surface area contributed by atoms with Crippen molar-refractivity contribution in [1.82, 2.24) is 16.0 Å². The van der Waals surface area contributed by atoms with Crippen LogP contribution in [0.2, 0.25) is 0 Å². The SMILES string of the molecule is CSCCC(NC(=O)C(Cc1ccc(O)cc1)NC(=O)C(N)Cc1ccccc1)C(=O)NC(C(=O)O)C(C)C. The zero-order chi connectivity index (χ0) is 28.9. The molecule has 39 heavy (non-hydrogen) atoms. The highest BCUT2D eigenvalue weighted by Gasteiger charge is 2.31. The summed E-state index contributed by atoms with van der Waals surface area (Å²) in [6, 6.07) is 11.3. The smallest absolute Gasteiger partial charge is 0.326 e. The summed E-state index contributed by atoms with van der Waals surface area (Å²) < 4.78 is 0. The van der Waals surface area contributed by atoms with Crippen LogP contribution in [0.15, 0.2) is 54.6 Å². The van der Waals surface area contributed by atoms with E-state index in [-0.39, 0.29) is 30.9 Å². The minimum absolute atomic E-state index is 0.0561. The average Bonchev–Trinajstić information content (AvgIpc) is 2.90. The van der Waals surface area contributed by atoms with Crippen molar-refractivity contribution in [2.75, 3.05) is 12.0 Å². The van der Waals surface area contributed by atoms with E-state index in [1.807, 2.05) is 36.6 Å². The molecule has 4 unspecified atom stereocenters. The fraction of sp³-hybridized carbons (Fsp3) is 0.429. The molecule has 0 aliphatic rings. The van der Waals surface area contributed by atoms with Crippen molar-refractivity contribution in [2.24, 2.45) is 11.7 Å². The van der Waals surface area contributed by atoms with Crippen LogP contribution in [0.25, 0.3) is 0 Å². The number of phenols is 1. The van der Waals surface area contributed by atoms with Crippen LogP contribution >= 0.6 is 11.8 Å². The summed E-state index contributed by atoms with van der Waals surface area (Å²) in [7, 11) is 0. The molecule has 2 aromatic rings. The van der Waals surface area contributed by atoms with Crippen LogP contribution in [0.4, 0.5) is 0 Å². The first-order valence-electron chi connectivity index (χ1n) is 12.7. The lowest BCUT2D eigenvalue weighted by molar-refractivity contribution is -0.143. The molecule has 7 N–H and O–H groups in total. The number of carbonyl (C=O) groups is 4. The third kappa shape index (κ3) is 10.6. The van der Waals surface area contributed by atoms with E-state index >= 15 is 0 Å². The molecule has 0 spiro atoms. The molecule has 0 heterocycles. The van der Waals surface area contributed by atoms with E-state index in [4.69, 9.17) is 5.73 Å². The van der Waals surface area contributed by atoms with Crippen LogP contribution in [0.5, 0.6) is 5.75 Å². The van der Waals surface area contributed by atoms with Gasteiger partial charge >= 0.3 is 5.97 Å². The molecule has 0 saturated carbocycles. The predicted molar refractivity (Wildman–Crippen MR) is 151 cm³/mol. The molecule has 3 amide bonds. The summed E-state index contributed by atoms with van der Waals surface area (Å²) in [5, 5.41) is 27.0. The van der Waals surface area contributed by atoms with E-state index < -0.39 is 47.9 Å². The highest BCUT2D eigenvalue weighted by atomic mass is 32.2. The maximum Gasteiger partial charge on any atom is 0.326 e. The monoisotopic (exact) mass is 558 g/mol. The lowest BCUT2D eigenvalue weighted by Gasteiger charge is -2.26. The number of aromatic hydroxyl groups is 1. The number of rotatable bonds is 15. The van der Waals surface area contributed by atoms with Crippen LogP contribution in [0.3, 0.4) is 0 Å². The minimum atomic E-state index is -1.17. The quantitative estimate of drug-likeness (QED) is 0.191. The van der Waals surface area contributed by atoms with Crippen LogP contribution in [0.1, 0.15) is 31.4 Å². The number of carboxylic acid groups (broad SMARTS) is 1. The lowest BCUT2D eigenvalue weighted by atomic mass is 10.0. The Labute approximate surface area is 233 Å². The third-order valence-corrected chi connectivity index (χ3v) is 6.76. The van der Waals surface area contributed by atoms with Crippen molar-refractivity contribution in [1.29, 1.82) is 0 Å². The van der Waals surface area contributed by atoms with E-state index in [1.54, 1.807) is 26.0 Å². The second-order valence-electron chi connectivity index (χ2n) is 9.64. The van der Waals surface area contributed by atoms with Gasteiger partial charge in [-0.15, -0.1) is 0 Å². The molecular formula is C28H38N4O6S. The topological polar surface area (TPSA) is 171 Å². The molecule has 0 saturated heterocycles. The Morgan fingerprint density at radius 1 is 0.821 bits per heavy atom. The molecule has 11 heteroatoms. The number of phenolic OH excluding ortho intramolecular Hbond substituents is 1. The Morgan fingerprint density at radius 3 is 1.95 bits per heavy atom. The van der Waals surface area contributed by atoms with Gasteiger partial charge in [0.15, 0.2) is 0 Å². The number of aliphatic carboxylic acids is 1. The van der Waals surface area contributed by atoms with E-state index in [0.717, 1.165) is 5.56 Å². The van der Waals surface area contributed by atoms with Gasteiger partial charge in [0.2, 0.25) is 17.7 Å². The molecule has 0 aliphatic heterocycles. The van der Waals surface area contributed by atoms with Crippen LogP contribution in [0, 0.1) is 5.92 Å². The summed E-state index contributed by atoms with van der Waals surface area (Å²) in [5.41, 5.74) is 7.67. The average molecular weight is 559 g/mol. The number of hydrogen-bond donors (Lipinski definition) is 6. The first-order valence-corrected chi connectivity index (χ1v) is 14.1. The summed E-state index contributed by atoms with van der Waals surface area (Å²) in [4.78, 5) is 51.1. The van der Waals surface area contributed by atoms with Crippen molar-refractivity contribution < 1.29 is 29.4 Å². The normalized spacial score (nSPS) is 14.1. The van der Waals surface area contributed by atoms with Gasteiger partial charge in [-0.25, -0.2) is 4.79 Å². The van der Waals surface area contributed by atoms with E-state index in [9.17, 15) is 29.4 Å². The maximum atomic E-state index is 13.4. The first-order chi connectivity index (χ1) is 18.5. The molecule has 10 nitrogen and oxygen atoms in total. The molecule has 0 bridgehead atoms. The Kier molecular flexibility index (Phi) is 12.8. The minimum Gasteiger partial charge on any atom is -0.508 e. The molecule has 0 fully saturated rings. The highest BCUT2D eigenvalue weighted by Crippen LogP contribution is 2.13. The van der Waals surface area contributed by atoms with Crippen molar-refractivity contribution in [2.45, 2.75) is 57.3 Å². The van der Waals surface area contributed by atoms with Gasteiger partial charge in [0.25, 0.3) is 0 Å². The molecule has 0 radical (unpaired) electrons. The van der Waals surface area contributed by atoms with Gasteiger partial charge in [-0.1, -0.05) is 56.3 Å². The third-order valence-electron chi connectivity index (χ3n) is 6.12. The number of thioether (sulfide) groups is 1. The Hall–Kier alpha value is -3.57. The van der Waals surface area contributed by atoms with Gasteiger partial charge < -0.3 is 31.9 Å². The second kappa shape index (κ2) is 15.7. The number of hydrogen-bond acceptors (Lipinski definition) is 7. The van der Waals surface area contributed by atoms with Crippen molar-refractivity contribution in [3.8, 4) is 5.75 Å². The summed E-state index contributed by atoms with van der Waals surface area (Å²) in [6.07, 6.45) is 2.46. The number of carboxylic acids is 1.